The Morgan fingerprint density at radius 1 is 1.57 bits per heavy atom. The second kappa shape index (κ2) is 6.66. The van der Waals surface area contributed by atoms with Gasteiger partial charge < -0.3 is 10.1 Å². The molecule has 1 N–H and O–H groups in total. The van der Waals surface area contributed by atoms with Crippen molar-refractivity contribution in [3.05, 3.63) is 21.5 Å². The number of aryl methyl sites for hydroxylation is 1. The number of carbonyl (C=O) groups is 1. The summed E-state index contributed by atoms with van der Waals surface area (Å²) < 4.78 is 6.84. The molecule has 0 aliphatic carbocycles. The fourth-order valence-corrected chi connectivity index (χ4v) is 2.54. The maximum atomic E-state index is 11.8. The Hall–Kier alpha value is -1.96. The fraction of sp³-hybridized carbons (Fsp3) is 0.692. The zero-order valence-corrected chi connectivity index (χ0v) is 12.3. The van der Waals surface area contributed by atoms with E-state index in [0.717, 1.165) is 25.9 Å². The van der Waals surface area contributed by atoms with Gasteiger partial charge in [0.15, 0.2) is 0 Å². The highest BCUT2D eigenvalue weighted by atomic mass is 16.6. The minimum atomic E-state index is -0.469. The first kappa shape index (κ1) is 15.4. The molecule has 0 radical (unpaired) electrons. The number of hydrogen-bond acceptors (Lipinski definition) is 5. The van der Waals surface area contributed by atoms with Crippen LogP contribution in [0.15, 0.2) is 0 Å². The third-order valence-electron chi connectivity index (χ3n) is 3.63. The maximum absolute atomic E-state index is 11.8. The minimum absolute atomic E-state index is 0.00790. The van der Waals surface area contributed by atoms with Crippen LogP contribution in [0.1, 0.15) is 30.7 Å². The lowest BCUT2D eigenvalue weighted by molar-refractivity contribution is -0.386. The van der Waals surface area contributed by atoms with E-state index in [9.17, 15) is 14.9 Å². The van der Waals surface area contributed by atoms with E-state index < -0.39 is 4.92 Å². The van der Waals surface area contributed by atoms with Gasteiger partial charge in [0, 0.05) is 13.2 Å². The molecule has 0 spiro atoms. The molecule has 1 amide bonds. The van der Waals surface area contributed by atoms with Crippen molar-refractivity contribution >= 4 is 11.6 Å². The summed E-state index contributed by atoms with van der Waals surface area (Å²) in [5, 5.41) is 17.7. The molecule has 2 heterocycles. The Kier molecular flexibility index (Phi) is 4.89. The van der Waals surface area contributed by atoms with Crippen LogP contribution in [-0.2, 0) is 16.1 Å². The lowest BCUT2D eigenvalue weighted by Gasteiger charge is -2.10. The number of nitrogens with zero attached hydrogens (tertiary/aromatic N) is 3. The number of aromatic nitrogens is 2. The predicted molar refractivity (Wildman–Crippen MR) is 75.0 cm³/mol. The van der Waals surface area contributed by atoms with Gasteiger partial charge in [-0.2, -0.15) is 5.10 Å². The number of hydrogen-bond donors (Lipinski definition) is 1. The average molecular weight is 296 g/mol. The van der Waals surface area contributed by atoms with Crippen molar-refractivity contribution in [1.82, 2.24) is 15.1 Å². The summed E-state index contributed by atoms with van der Waals surface area (Å²) in [7, 11) is 0. The molecule has 1 atom stereocenters. The lowest BCUT2D eigenvalue weighted by atomic mass is 10.2. The van der Waals surface area contributed by atoms with Crippen molar-refractivity contribution in [1.29, 1.82) is 0 Å². The second-order valence-electron chi connectivity index (χ2n) is 5.21. The normalized spacial score (nSPS) is 17.9. The standard InChI is InChI=1S/C13H20N4O4/c1-9-13(17(19)20)10(2)16(15-9)8-12(18)14-6-5-11-4-3-7-21-11/h11H,3-8H2,1-2H3,(H,14,18)/t11-/m1/s1. The number of ether oxygens (including phenoxy) is 1. The van der Waals surface area contributed by atoms with Gasteiger partial charge in [0.25, 0.3) is 0 Å². The summed E-state index contributed by atoms with van der Waals surface area (Å²) in [6, 6.07) is 0. The molecule has 1 aromatic rings. The van der Waals surface area contributed by atoms with Crippen LogP contribution in [0.4, 0.5) is 5.69 Å². The van der Waals surface area contributed by atoms with Gasteiger partial charge in [-0.25, -0.2) is 0 Å². The molecule has 1 fully saturated rings. The summed E-state index contributed by atoms with van der Waals surface area (Å²) in [5.74, 6) is -0.200. The Morgan fingerprint density at radius 2 is 2.33 bits per heavy atom. The molecule has 0 unspecified atom stereocenters. The average Bonchev–Trinajstić information content (AvgIpc) is 2.99. The molecule has 1 saturated heterocycles. The van der Waals surface area contributed by atoms with Crippen molar-refractivity contribution in [2.75, 3.05) is 13.2 Å². The van der Waals surface area contributed by atoms with Crippen LogP contribution >= 0.6 is 0 Å². The number of carbonyl (C=O) groups excluding carboxylic acids is 1. The summed E-state index contributed by atoms with van der Waals surface area (Å²) in [5.41, 5.74) is 0.693. The highest BCUT2D eigenvalue weighted by Crippen LogP contribution is 2.21. The number of amides is 1. The van der Waals surface area contributed by atoms with Gasteiger partial charge >= 0.3 is 5.69 Å². The predicted octanol–water partition coefficient (Wildman–Crippen LogP) is 1.09. The Labute approximate surface area is 122 Å². The summed E-state index contributed by atoms with van der Waals surface area (Å²) in [4.78, 5) is 22.3. The van der Waals surface area contributed by atoms with Crippen molar-refractivity contribution in [2.24, 2.45) is 0 Å². The van der Waals surface area contributed by atoms with Gasteiger partial charge in [0.1, 0.15) is 17.9 Å². The van der Waals surface area contributed by atoms with Crippen LogP contribution in [0.25, 0.3) is 0 Å². The molecule has 8 nitrogen and oxygen atoms in total. The molecule has 1 aliphatic heterocycles. The molecule has 2 rings (SSSR count). The quantitative estimate of drug-likeness (QED) is 0.626. The van der Waals surface area contributed by atoms with Crippen molar-refractivity contribution < 1.29 is 14.5 Å². The van der Waals surface area contributed by atoms with E-state index in [-0.39, 0.29) is 24.2 Å². The first-order chi connectivity index (χ1) is 9.99. The third kappa shape index (κ3) is 3.78. The van der Waals surface area contributed by atoms with Gasteiger partial charge in [-0.05, 0) is 33.1 Å². The number of nitrogens with one attached hydrogen (secondary N) is 1. The minimum Gasteiger partial charge on any atom is -0.378 e. The van der Waals surface area contributed by atoms with Crippen molar-refractivity contribution in [2.45, 2.75) is 45.8 Å². The van der Waals surface area contributed by atoms with Crippen LogP contribution < -0.4 is 5.32 Å². The highest BCUT2D eigenvalue weighted by Gasteiger charge is 2.22. The molecule has 8 heteroatoms. The molecule has 1 aliphatic rings. The molecular weight excluding hydrogens is 276 g/mol. The molecule has 0 aromatic carbocycles. The molecular formula is C13H20N4O4. The zero-order chi connectivity index (χ0) is 15.4. The topological polar surface area (TPSA) is 99.3 Å². The van der Waals surface area contributed by atoms with Crippen molar-refractivity contribution in [3.8, 4) is 0 Å². The smallest absolute Gasteiger partial charge is 0.312 e. The molecule has 21 heavy (non-hydrogen) atoms. The molecule has 0 saturated carbocycles. The first-order valence-corrected chi connectivity index (χ1v) is 7.05. The van der Waals surface area contributed by atoms with E-state index in [1.807, 2.05) is 0 Å². The third-order valence-corrected chi connectivity index (χ3v) is 3.63. The largest absolute Gasteiger partial charge is 0.378 e. The highest BCUT2D eigenvalue weighted by molar-refractivity contribution is 5.75. The monoisotopic (exact) mass is 296 g/mol. The summed E-state index contributed by atoms with van der Waals surface area (Å²) in [6.07, 6.45) is 3.15. The maximum Gasteiger partial charge on any atom is 0.312 e. The van der Waals surface area contributed by atoms with E-state index in [2.05, 4.69) is 10.4 Å². The first-order valence-electron chi connectivity index (χ1n) is 7.05. The van der Waals surface area contributed by atoms with E-state index in [1.54, 1.807) is 13.8 Å². The second-order valence-corrected chi connectivity index (χ2v) is 5.21. The molecule has 0 bridgehead atoms. The van der Waals surface area contributed by atoms with Crippen LogP contribution in [0.5, 0.6) is 0 Å². The van der Waals surface area contributed by atoms with Crippen LogP contribution in [0, 0.1) is 24.0 Å². The van der Waals surface area contributed by atoms with Gasteiger partial charge in [-0.3, -0.25) is 19.6 Å². The van der Waals surface area contributed by atoms with Crippen LogP contribution in [0.3, 0.4) is 0 Å². The van der Waals surface area contributed by atoms with Crippen LogP contribution in [0.2, 0.25) is 0 Å². The number of nitro groups is 1. The van der Waals surface area contributed by atoms with E-state index in [4.69, 9.17) is 4.74 Å². The Balaban J connectivity index is 1.85. The lowest BCUT2D eigenvalue weighted by Crippen LogP contribution is -2.30. The summed E-state index contributed by atoms with van der Waals surface area (Å²) in [6.45, 7) is 4.50. The van der Waals surface area contributed by atoms with E-state index in [0.29, 0.717) is 17.9 Å². The Morgan fingerprint density at radius 3 is 2.90 bits per heavy atom. The Bertz CT molecular complexity index is 535. The van der Waals surface area contributed by atoms with Gasteiger partial charge in [-0.15, -0.1) is 0 Å². The van der Waals surface area contributed by atoms with Crippen LogP contribution in [-0.4, -0.2) is 39.9 Å². The zero-order valence-electron chi connectivity index (χ0n) is 12.3. The SMILES string of the molecule is Cc1nn(CC(=O)NCC[C@H]2CCCO2)c(C)c1[N+](=O)[O-]. The molecule has 1 aromatic heterocycles. The van der Waals surface area contributed by atoms with E-state index >= 15 is 0 Å². The van der Waals surface area contributed by atoms with Gasteiger partial charge in [0.05, 0.1) is 11.0 Å². The number of rotatable bonds is 6. The van der Waals surface area contributed by atoms with Gasteiger partial charge in [0.2, 0.25) is 5.91 Å². The fourth-order valence-electron chi connectivity index (χ4n) is 2.54. The van der Waals surface area contributed by atoms with E-state index in [1.165, 1.54) is 4.68 Å². The van der Waals surface area contributed by atoms with Crippen molar-refractivity contribution in [3.63, 3.8) is 0 Å². The summed E-state index contributed by atoms with van der Waals surface area (Å²) >= 11 is 0. The van der Waals surface area contributed by atoms with Gasteiger partial charge in [-0.1, -0.05) is 0 Å². The molecule has 116 valence electrons.